The van der Waals surface area contributed by atoms with Gasteiger partial charge in [0.15, 0.2) is 0 Å². The van der Waals surface area contributed by atoms with Crippen LogP contribution in [0, 0.1) is 17.1 Å². The second-order valence-corrected chi connectivity index (χ2v) is 9.54. The highest BCUT2D eigenvalue weighted by atomic mass is 32.2. The van der Waals surface area contributed by atoms with Crippen molar-refractivity contribution in [2.75, 3.05) is 0 Å². The predicted molar refractivity (Wildman–Crippen MR) is 118 cm³/mol. The number of hydrogen-bond acceptors (Lipinski definition) is 5. The van der Waals surface area contributed by atoms with Gasteiger partial charge in [-0.3, -0.25) is 4.68 Å². The summed E-state index contributed by atoms with van der Waals surface area (Å²) in [5.74, 6) is -0.552. The topological polar surface area (TPSA) is 75.8 Å². The Kier molecular flexibility index (Phi) is 5.80. The second-order valence-electron chi connectivity index (χ2n) is 6.67. The molecule has 0 atom stereocenters. The first-order chi connectivity index (χ1) is 15.0. The fourth-order valence-corrected chi connectivity index (χ4v) is 4.93. The number of allylic oxidation sites excluding steroid dienone is 1. The molecule has 5 nitrogen and oxygen atoms in total. The first-order valence-electron chi connectivity index (χ1n) is 9.25. The predicted octanol–water partition coefficient (Wildman–Crippen LogP) is 5.14. The molecule has 8 heteroatoms. The van der Waals surface area contributed by atoms with Crippen LogP contribution in [0.1, 0.15) is 11.1 Å². The Balaban J connectivity index is 1.79. The Morgan fingerprint density at radius 1 is 1.10 bits per heavy atom. The van der Waals surface area contributed by atoms with E-state index in [0.29, 0.717) is 17.8 Å². The Labute approximate surface area is 183 Å². The number of rotatable bonds is 6. The third-order valence-corrected chi connectivity index (χ3v) is 7.10. The Morgan fingerprint density at radius 3 is 2.48 bits per heavy atom. The quantitative estimate of drug-likeness (QED) is 0.302. The van der Waals surface area contributed by atoms with Gasteiger partial charge in [0, 0.05) is 11.8 Å². The van der Waals surface area contributed by atoms with Crippen molar-refractivity contribution < 1.29 is 12.8 Å². The van der Waals surface area contributed by atoms with E-state index in [0.717, 1.165) is 34.7 Å². The molecule has 31 heavy (non-hydrogen) atoms. The summed E-state index contributed by atoms with van der Waals surface area (Å²) < 4.78 is 40.8. The van der Waals surface area contributed by atoms with E-state index in [4.69, 9.17) is 0 Å². The van der Waals surface area contributed by atoms with Crippen LogP contribution in [0.5, 0.6) is 0 Å². The van der Waals surface area contributed by atoms with Gasteiger partial charge >= 0.3 is 0 Å². The zero-order valence-corrected chi connectivity index (χ0v) is 17.8. The molecule has 2 heterocycles. The van der Waals surface area contributed by atoms with Crippen LogP contribution < -0.4 is 0 Å². The van der Waals surface area contributed by atoms with E-state index in [1.54, 1.807) is 16.9 Å². The van der Waals surface area contributed by atoms with Crippen molar-refractivity contribution in [3.05, 3.63) is 100 Å². The molecular formula is C23H16FN3O2S2. The highest BCUT2D eigenvalue weighted by Gasteiger charge is 2.22. The van der Waals surface area contributed by atoms with E-state index in [2.05, 4.69) is 5.10 Å². The number of halogens is 1. The van der Waals surface area contributed by atoms with Gasteiger partial charge < -0.3 is 0 Å². The Morgan fingerprint density at radius 2 is 1.84 bits per heavy atom. The summed E-state index contributed by atoms with van der Waals surface area (Å²) in [7, 11) is -4.10. The van der Waals surface area contributed by atoms with E-state index in [-0.39, 0.29) is 4.90 Å². The van der Waals surface area contributed by atoms with Crippen LogP contribution in [0.25, 0.3) is 16.6 Å². The summed E-state index contributed by atoms with van der Waals surface area (Å²) in [6.07, 6.45) is 3.04. The van der Waals surface area contributed by atoms with Gasteiger partial charge in [0.25, 0.3) is 0 Å². The molecule has 0 unspecified atom stereocenters. The van der Waals surface area contributed by atoms with Crippen molar-refractivity contribution in [1.82, 2.24) is 9.78 Å². The van der Waals surface area contributed by atoms with Crippen molar-refractivity contribution in [3.8, 4) is 16.6 Å². The third-order valence-electron chi connectivity index (χ3n) is 4.54. The number of aromatic nitrogens is 2. The lowest BCUT2D eigenvalue weighted by Crippen LogP contribution is -2.03. The molecule has 0 amide bonds. The van der Waals surface area contributed by atoms with Crippen LogP contribution in [0.3, 0.4) is 0 Å². The van der Waals surface area contributed by atoms with Crippen LogP contribution in [0.15, 0.2) is 88.1 Å². The maximum Gasteiger partial charge on any atom is 0.216 e. The number of nitriles is 1. The van der Waals surface area contributed by atoms with E-state index >= 15 is 0 Å². The van der Waals surface area contributed by atoms with Crippen molar-refractivity contribution in [3.63, 3.8) is 0 Å². The van der Waals surface area contributed by atoms with Crippen molar-refractivity contribution in [2.24, 2.45) is 0 Å². The van der Waals surface area contributed by atoms with E-state index in [1.807, 2.05) is 47.8 Å². The molecule has 0 radical (unpaired) electrons. The number of hydrogen-bond donors (Lipinski definition) is 0. The summed E-state index contributed by atoms with van der Waals surface area (Å²) in [5.41, 5.74) is 2.14. The Hall–Kier alpha value is -3.54. The van der Waals surface area contributed by atoms with Crippen LogP contribution in [-0.4, -0.2) is 18.2 Å². The van der Waals surface area contributed by atoms with Gasteiger partial charge in [-0.2, -0.15) is 10.4 Å². The summed E-state index contributed by atoms with van der Waals surface area (Å²) in [4.78, 5) is 0.279. The second kappa shape index (κ2) is 8.68. The molecule has 0 bridgehead atoms. The standard InChI is InChI=1S/C23H16FN3O2S2/c24-19-8-10-20(11-9-19)31(28,29)21(14-25)13-18-16-27(15-17-5-2-1-3-6-17)26-23(18)22-7-4-12-30-22/h1-13,16H,15H2/b21-13+. The van der Waals surface area contributed by atoms with Gasteiger partial charge in [-0.15, -0.1) is 11.3 Å². The zero-order valence-electron chi connectivity index (χ0n) is 16.1. The van der Waals surface area contributed by atoms with Gasteiger partial charge in [-0.05, 0) is 47.4 Å². The number of sulfone groups is 1. The monoisotopic (exact) mass is 449 g/mol. The first kappa shape index (κ1) is 20.7. The number of nitrogens with zero attached hydrogens (tertiary/aromatic N) is 3. The molecule has 0 aliphatic carbocycles. The average molecular weight is 450 g/mol. The average Bonchev–Trinajstić information content (AvgIpc) is 3.43. The van der Waals surface area contributed by atoms with Gasteiger partial charge in [0.05, 0.1) is 16.3 Å². The molecule has 2 aromatic heterocycles. The summed E-state index contributed by atoms with van der Waals surface area (Å²) in [6.45, 7) is 0.500. The minimum Gasteiger partial charge on any atom is -0.267 e. The van der Waals surface area contributed by atoms with Gasteiger partial charge in [-0.25, -0.2) is 12.8 Å². The fraction of sp³-hybridized carbons (Fsp3) is 0.0435. The summed E-state index contributed by atoms with van der Waals surface area (Å²) in [5, 5.41) is 16.1. The molecule has 0 aliphatic rings. The van der Waals surface area contributed by atoms with Gasteiger partial charge in [-0.1, -0.05) is 36.4 Å². The maximum absolute atomic E-state index is 13.2. The largest absolute Gasteiger partial charge is 0.267 e. The van der Waals surface area contributed by atoms with Crippen LogP contribution in [-0.2, 0) is 16.4 Å². The van der Waals surface area contributed by atoms with Crippen molar-refractivity contribution in [2.45, 2.75) is 11.4 Å². The third kappa shape index (κ3) is 4.48. The molecule has 4 rings (SSSR count). The molecular weight excluding hydrogens is 433 g/mol. The highest BCUT2D eigenvalue weighted by molar-refractivity contribution is 7.95. The van der Waals surface area contributed by atoms with Crippen molar-refractivity contribution in [1.29, 1.82) is 5.26 Å². The van der Waals surface area contributed by atoms with Crippen LogP contribution >= 0.6 is 11.3 Å². The minimum atomic E-state index is -4.10. The summed E-state index contributed by atoms with van der Waals surface area (Å²) in [6, 6.07) is 19.7. The van der Waals surface area contributed by atoms with Gasteiger partial charge in [0.2, 0.25) is 9.84 Å². The normalized spacial score (nSPS) is 11.9. The lowest BCUT2D eigenvalue weighted by molar-refractivity contribution is 0.601. The molecule has 0 saturated carbocycles. The van der Waals surface area contributed by atoms with Crippen molar-refractivity contribution >= 4 is 27.3 Å². The zero-order chi connectivity index (χ0) is 21.8. The molecule has 4 aromatic rings. The maximum atomic E-state index is 13.2. The number of benzene rings is 2. The first-order valence-corrected chi connectivity index (χ1v) is 11.6. The highest BCUT2D eigenvalue weighted by Crippen LogP contribution is 2.30. The molecule has 0 fully saturated rings. The lowest BCUT2D eigenvalue weighted by atomic mass is 10.2. The molecule has 2 aromatic carbocycles. The molecule has 0 N–H and O–H groups in total. The molecule has 0 aliphatic heterocycles. The fourth-order valence-electron chi connectivity index (χ4n) is 3.05. The summed E-state index contributed by atoms with van der Waals surface area (Å²) >= 11 is 1.47. The Bertz CT molecular complexity index is 1370. The molecule has 0 spiro atoms. The van der Waals surface area contributed by atoms with E-state index in [1.165, 1.54) is 17.4 Å². The van der Waals surface area contributed by atoms with Gasteiger partial charge in [0.1, 0.15) is 22.5 Å². The van der Waals surface area contributed by atoms with Crippen LogP contribution in [0.2, 0.25) is 0 Å². The van der Waals surface area contributed by atoms with Crippen LogP contribution in [0.4, 0.5) is 4.39 Å². The smallest absolute Gasteiger partial charge is 0.216 e. The lowest BCUT2D eigenvalue weighted by Gasteiger charge is -2.03. The number of thiophene rings is 1. The minimum absolute atomic E-state index is 0.143. The molecule has 154 valence electrons. The van der Waals surface area contributed by atoms with E-state index < -0.39 is 20.6 Å². The SMILES string of the molecule is N#C/C(=C\c1cn(Cc2ccccc2)nc1-c1cccs1)S(=O)(=O)c1ccc(F)cc1. The van der Waals surface area contributed by atoms with E-state index in [9.17, 15) is 18.1 Å². The molecule has 0 saturated heterocycles.